The van der Waals surface area contributed by atoms with Crippen molar-refractivity contribution in [3.05, 3.63) is 51.5 Å². The Hall–Kier alpha value is -1.19. The van der Waals surface area contributed by atoms with Gasteiger partial charge in [0.25, 0.3) is 0 Å². The maximum absolute atomic E-state index is 4.64. The van der Waals surface area contributed by atoms with Crippen LogP contribution in [0.5, 0.6) is 0 Å². The molecule has 1 aliphatic rings. The minimum atomic E-state index is 0.726. The van der Waals surface area contributed by atoms with Crippen molar-refractivity contribution >= 4 is 11.3 Å². The standard InChI is InChI=1S/C17H22N2S/c1-2-13-4-3-5-14(10-13)11-17-19-12-16(20-17)15-6-8-18-9-7-15/h3-5,10,12,15,18H,2,6-9,11H2,1H3. The highest BCUT2D eigenvalue weighted by Gasteiger charge is 2.17. The summed E-state index contributed by atoms with van der Waals surface area (Å²) in [6.07, 6.45) is 6.70. The Morgan fingerprint density at radius 2 is 2.05 bits per heavy atom. The highest BCUT2D eigenvalue weighted by atomic mass is 32.1. The zero-order valence-electron chi connectivity index (χ0n) is 12.1. The lowest BCUT2D eigenvalue weighted by Crippen LogP contribution is -2.26. The summed E-state index contributed by atoms with van der Waals surface area (Å²) in [7, 11) is 0. The first-order chi connectivity index (χ1) is 9.85. The average Bonchev–Trinajstić information content (AvgIpc) is 2.97. The zero-order chi connectivity index (χ0) is 13.8. The third kappa shape index (κ3) is 3.28. The Labute approximate surface area is 125 Å². The second-order valence-electron chi connectivity index (χ2n) is 5.53. The van der Waals surface area contributed by atoms with Crippen molar-refractivity contribution in [3.63, 3.8) is 0 Å². The number of thiazole rings is 1. The van der Waals surface area contributed by atoms with Crippen LogP contribution in [-0.4, -0.2) is 18.1 Å². The largest absolute Gasteiger partial charge is 0.317 e. The van der Waals surface area contributed by atoms with E-state index in [4.69, 9.17) is 0 Å². The molecular weight excluding hydrogens is 264 g/mol. The number of piperidine rings is 1. The minimum absolute atomic E-state index is 0.726. The molecule has 2 heterocycles. The predicted molar refractivity (Wildman–Crippen MR) is 85.6 cm³/mol. The second-order valence-corrected chi connectivity index (χ2v) is 6.68. The quantitative estimate of drug-likeness (QED) is 0.925. The van der Waals surface area contributed by atoms with E-state index in [0.717, 1.165) is 31.8 Å². The van der Waals surface area contributed by atoms with Crippen LogP contribution in [0.2, 0.25) is 0 Å². The molecule has 2 nitrogen and oxygen atoms in total. The van der Waals surface area contributed by atoms with Gasteiger partial charge in [0.15, 0.2) is 0 Å². The highest BCUT2D eigenvalue weighted by molar-refractivity contribution is 7.11. The molecule has 1 fully saturated rings. The van der Waals surface area contributed by atoms with E-state index in [2.05, 4.69) is 47.7 Å². The molecule has 0 unspecified atom stereocenters. The molecule has 20 heavy (non-hydrogen) atoms. The van der Waals surface area contributed by atoms with Crippen molar-refractivity contribution in [1.82, 2.24) is 10.3 Å². The molecule has 1 saturated heterocycles. The summed E-state index contributed by atoms with van der Waals surface area (Å²) in [6, 6.07) is 8.89. The number of nitrogens with zero attached hydrogens (tertiary/aromatic N) is 1. The molecule has 1 aromatic heterocycles. The second kappa shape index (κ2) is 6.51. The summed E-state index contributed by atoms with van der Waals surface area (Å²) in [5, 5.41) is 4.68. The lowest BCUT2D eigenvalue weighted by atomic mass is 9.97. The van der Waals surface area contributed by atoms with Crippen LogP contribution in [0.25, 0.3) is 0 Å². The van der Waals surface area contributed by atoms with Gasteiger partial charge in [0, 0.05) is 17.5 Å². The van der Waals surface area contributed by atoms with E-state index >= 15 is 0 Å². The number of rotatable bonds is 4. The molecule has 0 aliphatic carbocycles. The maximum atomic E-state index is 4.64. The number of aryl methyl sites for hydroxylation is 1. The van der Waals surface area contributed by atoms with Crippen LogP contribution in [-0.2, 0) is 12.8 Å². The number of nitrogens with one attached hydrogen (secondary N) is 1. The molecule has 0 amide bonds. The van der Waals surface area contributed by atoms with Gasteiger partial charge in [-0.15, -0.1) is 11.3 Å². The molecule has 0 atom stereocenters. The molecule has 3 heteroatoms. The molecule has 3 rings (SSSR count). The van der Waals surface area contributed by atoms with Crippen molar-refractivity contribution in [1.29, 1.82) is 0 Å². The zero-order valence-corrected chi connectivity index (χ0v) is 12.9. The van der Waals surface area contributed by atoms with E-state index in [0.29, 0.717) is 0 Å². The molecule has 1 aromatic carbocycles. The number of hydrogen-bond acceptors (Lipinski definition) is 3. The molecule has 2 aromatic rings. The van der Waals surface area contributed by atoms with Crippen LogP contribution in [0.15, 0.2) is 30.5 Å². The van der Waals surface area contributed by atoms with Gasteiger partial charge in [-0.3, -0.25) is 0 Å². The van der Waals surface area contributed by atoms with Crippen LogP contribution in [0.1, 0.15) is 46.7 Å². The molecule has 106 valence electrons. The Bertz CT molecular complexity index is 556. The summed E-state index contributed by atoms with van der Waals surface area (Å²) in [4.78, 5) is 6.12. The number of benzene rings is 1. The van der Waals surface area contributed by atoms with E-state index in [1.165, 1.54) is 33.9 Å². The fourth-order valence-electron chi connectivity index (χ4n) is 2.84. The minimum Gasteiger partial charge on any atom is -0.317 e. The molecule has 1 aliphatic heterocycles. The molecule has 1 N–H and O–H groups in total. The Morgan fingerprint density at radius 3 is 2.85 bits per heavy atom. The van der Waals surface area contributed by atoms with Crippen LogP contribution in [0, 0.1) is 0 Å². The topological polar surface area (TPSA) is 24.9 Å². The van der Waals surface area contributed by atoms with Crippen molar-refractivity contribution in [2.45, 2.75) is 38.5 Å². The summed E-state index contributed by atoms with van der Waals surface area (Å²) in [5.41, 5.74) is 2.80. The Kier molecular flexibility index (Phi) is 4.48. The van der Waals surface area contributed by atoms with Gasteiger partial charge in [-0.25, -0.2) is 4.98 Å². The Morgan fingerprint density at radius 1 is 1.25 bits per heavy atom. The Balaban J connectivity index is 1.70. The molecular formula is C17H22N2S. The summed E-state index contributed by atoms with van der Waals surface area (Å²) < 4.78 is 0. The summed E-state index contributed by atoms with van der Waals surface area (Å²) in [6.45, 7) is 4.50. The van der Waals surface area contributed by atoms with E-state index in [9.17, 15) is 0 Å². The lowest BCUT2D eigenvalue weighted by Gasteiger charge is -2.20. The van der Waals surface area contributed by atoms with Gasteiger partial charge in [0.2, 0.25) is 0 Å². The van der Waals surface area contributed by atoms with E-state index in [-0.39, 0.29) is 0 Å². The fraction of sp³-hybridized carbons (Fsp3) is 0.471. The first-order valence-electron chi connectivity index (χ1n) is 7.58. The van der Waals surface area contributed by atoms with Crippen molar-refractivity contribution < 1.29 is 0 Å². The maximum Gasteiger partial charge on any atom is 0.0971 e. The van der Waals surface area contributed by atoms with Crippen molar-refractivity contribution in [3.8, 4) is 0 Å². The molecule has 0 radical (unpaired) electrons. The SMILES string of the molecule is CCc1cccc(Cc2ncc(C3CCNCC3)s2)c1. The summed E-state index contributed by atoms with van der Waals surface area (Å²) >= 11 is 1.91. The number of aromatic nitrogens is 1. The predicted octanol–water partition coefficient (Wildman–Crippen LogP) is 3.76. The first kappa shape index (κ1) is 13.8. The average molecular weight is 286 g/mol. The van der Waals surface area contributed by atoms with E-state index in [1.54, 1.807) is 0 Å². The fourth-order valence-corrected chi connectivity index (χ4v) is 3.96. The lowest BCUT2D eigenvalue weighted by molar-refractivity contribution is 0.465. The van der Waals surface area contributed by atoms with E-state index in [1.807, 2.05) is 11.3 Å². The van der Waals surface area contributed by atoms with Gasteiger partial charge >= 0.3 is 0 Å². The molecule has 0 spiro atoms. The van der Waals surface area contributed by atoms with Crippen LogP contribution < -0.4 is 5.32 Å². The van der Waals surface area contributed by atoms with Gasteiger partial charge in [0.1, 0.15) is 0 Å². The summed E-state index contributed by atoms with van der Waals surface area (Å²) in [5.74, 6) is 0.726. The van der Waals surface area contributed by atoms with Gasteiger partial charge in [-0.1, -0.05) is 31.2 Å². The van der Waals surface area contributed by atoms with Crippen molar-refractivity contribution in [2.24, 2.45) is 0 Å². The molecule has 0 bridgehead atoms. The number of hydrogen-bond donors (Lipinski definition) is 1. The van der Waals surface area contributed by atoms with Crippen LogP contribution >= 0.6 is 11.3 Å². The van der Waals surface area contributed by atoms with Gasteiger partial charge < -0.3 is 5.32 Å². The van der Waals surface area contributed by atoms with E-state index < -0.39 is 0 Å². The van der Waals surface area contributed by atoms with Crippen LogP contribution in [0.3, 0.4) is 0 Å². The monoisotopic (exact) mass is 286 g/mol. The first-order valence-corrected chi connectivity index (χ1v) is 8.40. The van der Waals surface area contributed by atoms with Crippen LogP contribution in [0.4, 0.5) is 0 Å². The van der Waals surface area contributed by atoms with Gasteiger partial charge in [-0.2, -0.15) is 0 Å². The third-order valence-corrected chi connectivity index (χ3v) is 5.23. The third-order valence-electron chi connectivity index (χ3n) is 4.07. The van der Waals surface area contributed by atoms with Crippen molar-refractivity contribution in [2.75, 3.05) is 13.1 Å². The van der Waals surface area contributed by atoms with Gasteiger partial charge in [0.05, 0.1) is 5.01 Å². The molecule has 0 saturated carbocycles. The van der Waals surface area contributed by atoms with Gasteiger partial charge in [-0.05, 0) is 49.4 Å². The normalized spacial score (nSPS) is 16.4. The smallest absolute Gasteiger partial charge is 0.0971 e. The highest BCUT2D eigenvalue weighted by Crippen LogP contribution is 2.30.